The molecule has 0 saturated heterocycles. The lowest BCUT2D eigenvalue weighted by Gasteiger charge is -2.10. The second kappa shape index (κ2) is 9.97. The Balaban J connectivity index is 1.47. The molecule has 8 heteroatoms. The highest BCUT2D eigenvalue weighted by atomic mass is 35.5. The van der Waals surface area contributed by atoms with Crippen LogP contribution >= 0.6 is 22.9 Å². The number of ether oxygens (including phenoxy) is 3. The number of rotatable bonds is 8. The Labute approximate surface area is 193 Å². The van der Waals surface area contributed by atoms with Crippen LogP contribution in [-0.4, -0.2) is 17.6 Å². The first kappa shape index (κ1) is 22.0. The van der Waals surface area contributed by atoms with Gasteiger partial charge in [-0.25, -0.2) is 14.2 Å². The highest BCUT2D eigenvalue weighted by Crippen LogP contribution is 2.34. The van der Waals surface area contributed by atoms with Gasteiger partial charge in [0.25, 0.3) is 0 Å². The van der Waals surface area contributed by atoms with Gasteiger partial charge in [0, 0.05) is 23.2 Å². The first-order valence-corrected chi connectivity index (χ1v) is 11.1. The van der Waals surface area contributed by atoms with Gasteiger partial charge in [-0.05, 0) is 42.1 Å². The maximum Gasteiger partial charge on any atom is 0.341 e. The van der Waals surface area contributed by atoms with Crippen molar-refractivity contribution in [2.24, 2.45) is 0 Å². The Kier molecular flexibility index (Phi) is 6.87. The Morgan fingerprint density at radius 1 is 1.09 bits per heavy atom. The molecule has 0 aliphatic heterocycles. The van der Waals surface area contributed by atoms with E-state index in [1.807, 2.05) is 17.5 Å². The molecule has 0 fully saturated rings. The monoisotopic (exact) mass is 471 g/mol. The average Bonchev–Trinajstić information content (AvgIpc) is 3.22. The molecule has 0 bridgehead atoms. The van der Waals surface area contributed by atoms with Gasteiger partial charge < -0.3 is 14.2 Å². The second-order valence-corrected chi connectivity index (χ2v) is 8.07. The van der Waals surface area contributed by atoms with Gasteiger partial charge in [0.05, 0.1) is 16.9 Å². The number of halogens is 2. The lowest BCUT2D eigenvalue weighted by Crippen LogP contribution is -2.05. The minimum Gasteiger partial charge on any atom is -0.489 e. The first-order valence-electron chi connectivity index (χ1n) is 9.87. The minimum absolute atomic E-state index is 0.237. The van der Waals surface area contributed by atoms with E-state index in [1.165, 1.54) is 29.7 Å². The molecule has 0 aliphatic carbocycles. The van der Waals surface area contributed by atoms with Crippen LogP contribution in [0, 0.1) is 5.82 Å². The molecule has 4 aromatic rings. The molecule has 2 heterocycles. The third kappa shape index (κ3) is 5.00. The molecule has 5 nitrogen and oxygen atoms in total. The summed E-state index contributed by atoms with van der Waals surface area (Å²) in [7, 11) is 0. The third-order valence-electron chi connectivity index (χ3n) is 4.61. The highest BCUT2D eigenvalue weighted by Gasteiger charge is 2.18. The predicted molar refractivity (Wildman–Crippen MR) is 122 cm³/mol. The van der Waals surface area contributed by atoms with Crippen molar-refractivity contribution in [1.82, 2.24) is 4.98 Å². The van der Waals surface area contributed by atoms with Crippen LogP contribution in [0.1, 0.15) is 28.4 Å². The van der Waals surface area contributed by atoms with Crippen LogP contribution in [0.25, 0.3) is 10.1 Å². The van der Waals surface area contributed by atoms with E-state index >= 15 is 0 Å². The van der Waals surface area contributed by atoms with Gasteiger partial charge in [0.2, 0.25) is 0 Å². The summed E-state index contributed by atoms with van der Waals surface area (Å²) < 4.78 is 30.8. The molecule has 0 amide bonds. The first-order chi connectivity index (χ1) is 15.5. The molecule has 0 aliphatic rings. The van der Waals surface area contributed by atoms with Crippen molar-refractivity contribution in [3.05, 3.63) is 87.8 Å². The molecule has 0 saturated carbocycles. The van der Waals surface area contributed by atoms with Crippen LogP contribution in [0.4, 0.5) is 4.39 Å². The molecule has 0 atom stereocenters. The van der Waals surface area contributed by atoms with Crippen LogP contribution in [0.2, 0.25) is 5.15 Å². The molecule has 0 unspecified atom stereocenters. The Hall–Kier alpha value is -3.16. The smallest absolute Gasteiger partial charge is 0.341 e. The Morgan fingerprint density at radius 2 is 1.84 bits per heavy atom. The fourth-order valence-electron chi connectivity index (χ4n) is 3.13. The quantitative estimate of drug-likeness (QED) is 0.219. The van der Waals surface area contributed by atoms with E-state index in [4.69, 9.17) is 25.8 Å². The standard InChI is InChI=1S/C24H19ClFNO4S/c1-2-29-24(28)20-11-27-23(25)21-16(14-32-22(20)21)13-31-19-8-4-7-18(10-19)30-12-15-5-3-6-17(26)9-15/h3-11,14H,2,12-13H2,1H3. The van der Waals surface area contributed by atoms with Crippen molar-refractivity contribution in [3.8, 4) is 11.5 Å². The number of nitrogens with zero attached hydrogens (tertiary/aromatic N) is 1. The molecule has 164 valence electrons. The number of hydrogen-bond acceptors (Lipinski definition) is 6. The van der Waals surface area contributed by atoms with Gasteiger partial charge >= 0.3 is 5.97 Å². The van der Waals surface area contributed by atoms with Crippen LogP contribution in [0.15, 0.2) is 60.1 Å². The Bertz CT molecular complexity index is 1260. The number of aromatic nitrogens is 1. The number of fused-ring (bicyclic) bond motifs is 1. The maximum atomic E-state index is 13.3. The van der Waals surface area contributed by atoms with Gasteiger partial charge in [0.1, 0.15) is 35.7 Å². The number of hydrogen-bond donors (Lipinski definition) is 0. The predicted octanol–water partition coefficient (Wildman–Crippen LogP) is 6.42. The topological polar surface area (TPSA) is 57.7 Å². The molecule has 32 heavy (non-hydrogen) atoms. The lowest BCUT2D eigenvalue weighted by atomic mass is 10.2. The van der Waals surface area contributed by atoms with E-state index in [2.05, 4.69) is 4.98 Å². The van der Waals surface area contributed by atoms with Crippen LogP contribution < -0.4 is 9.47 Å². The minimum atomic E-state index is -0.431. The molecule has 2 aromatic carbocycles. The van der Waals surface area contributed by atoms with Gasteiger partial charge in [-0.15, -0.1) is 11.3 Å². The number of benzene rings is 2. The molecule has 0 N–H and O–H groups in total. The van der Waals surface area contributed by atoms with E-state index in [0.29, 0.717) is 32.3 Å². The van der Waals surface area contributed by atoms with E-state index in [9.17, 15) is 9.18 Å². The number of carbonyl (C=O) groups excluding carboxylic acids is 1. The molecule has 4 rings (SSSR count). The summed E-state index contributed by atoms with van der Waals surface area (Å²) in [6.07, 6.45) is 1.43. The second-order valence-electron chi connectivity index (χ2n) is 6.83. The van der Waals surface area contributed by atoms with Crippen molar-refractivity contribution in [3.63, 3.8) is 0 Å². The van der Waals surface area contributed by atoms with E-state index in [1.54, 1.807) is 31.2 Å². The van der Waals surface area contributed by atoms with Crippen molar-refractivity contribution in [1.29, 1.82) is 0 Å². The summed E-state index contributed by atoms with van der Waals surface area (Å²) in [5.41, 5.74) is 1.94. The SMILES string of the molecule is CCOC(=O)c1cnc(Cl)c2c(COc3cccc(OCc4cccc(F)c4)c3)csc12. The van der Waals surface area contributed by atoms with Crippen molar-refractivity contribution in [2.45, 2.75) is 20.1 Å². The third-order valence-corrected chi connectivity index (χ3v) is 5.96. The van der Waals surface area contributed by atoms with Gasteiger partial charge in [-0.3, -0.25) is 0 Å². The number of thiophene rings is 1. The molecule has 0 radical (unpaired) electrons. The molecular formula is C24H19ClFNO4S. The summed E-state index contributed by atoms with van der Waals surface area (Å²) in [5, 5.41) is 2.88. The molecule has 2 aromatic heterocycles. The van der Waals surface area contributed by atoms with Gasteiger partial charge in [0.15, 0.2) is 0 Å². The highest BCUT2D eigenvalue weighted by molar-refractivity contribution is 7.17. The van der Waals surface area contributed by atoms with E-state index in [-0.39, 0.29) is 25.6 Å². The van der Waals surface area contributed by atoms with Crippen LogP contribution in [-0.2, 0) is 18.0 Å². The zero-order valence-corrected chi connectivity index (χ0v) is 18.7. The maximum absolute atomic E-state index is 13.3. The average molecular weight is 472 g/mol. The molecular weight excluding hydrogens is 453 g/mol. The fourth-order valence-corrected chi connectivity index (χ4v) is 4.51. The van der Waals surface area contributed by atoms with Gasteiger partial charge in [-0.1, -0.05) is 29.8 Å². The van der Waals surface area contributed by atoms with E-state index in [0.717, 1.165) is 11.1 Å². The van der Waals surface area contributed by atoms with Crippen molar-refractivity contribution in [2.75, 3.05) is 6.61 Å². The zero-order valence-electron chi connectivity index (χ0n) is 17.1. The number of pyridine rings is 1. The van der Waals surface area contributed by atoms with Crippen LogP contribution in [0.3, 0.4) is 0 Å². The number of carbonyl (C=O) groups is 1. The fraction of sp³-hybridized carbons (Fsp3) is 0.167. The largest absolute Gasteiger partial charge is 0.489 e. The summed E-state index contributed by atoms with van der Waals surface area (Å²) in [4.78, 5) is 16.4. The van der Waals surface area contributed by atoms with Crippen molar-refractivity contribution < 1.29 is 23.4 Å². The summed E-state index contributed by atoms with van der Waals surface area (Å²) in [5.74, 6) is 0.475. The summed E-state index contributed by atoms with van der Waals surface area (Å²) in [6.45, 7) is 2.51. The van der Waals surface area contributed by atoms with Crippen LogP contribution in [0.5, 0.6) is 11.5 Å². The normalized spacial score (nSPS) is 10.8. The zero-order chi connectivity index (χ0) is 22.5. The molecule has 0 spiro atoms. The summed E-state index contributed by atoms with van der Waals surface area (Å²) >= 11 is 7.71. The summed E-state index contributed by atoms with van der Waals surface area (Å²) in [6, 6.07) is 13.5. The number of esters is 1. The lowest BCUT2D eigenvalue weighted by molar-refractivity contribution is 0.0528. The Morgan fingerprint density at radius 3 is 2.59 bits per heavy atom. The van der Waals surface area contributed by atoms with Gasteiger partial charge in [-0.2, -0.15) is 0 Å². The van der Waals surface area contributed by atoms with Crippen molar-refractivity contribution >= 4 is 39.0 Å². The van der Waals surface area contributed by atoms with E-state index < -0.39 is 5.97 Å².